The van der Waals surface area contributed by atoms with E-state index in [0.717, 1.165) is 31.4 Å². The number of carbonyl (C=O) groups excluding carboxylic acids is 2. The summed E-state index contributed by atoms with van der Waals surface area (Å²) in [6.45, 7) is 2.28. The number of hydrogen-bond acceptors (Lipinski definition) is 4. The average molecular weight is 314 g/mol. The van der Waals surface area contributed by atoms with Crippen LogP contribution in [0, 0.1) is 17.8 Å². The number of hydrogen-bond donors (Lipinski definition) is 2. The van der Waals surface area contributed by atoms with Crippen LogP contribution in [0.5, 0.6) is 0 Å². The fourth-order valence-corrected chi connectivity index (χ4v) is 4.68. The second-order valence-corrected chi connectivity index (χ2v) is 6.93. The normalized spacial score (nSPS) is 34.5. The molecule has 1 spiro atoms. The molecule has 5 rings (SSSR count). The van der Waals surface area contributed by atoms with Gasteiger partial charge < -0.3 is 15.4 Å². The first-order chi connectivity index (χ1) is 11.1. The highest BCUT2D eigenvalue weighted by Crippen LogP contribution is 2.52. The van der Waals surface area contributed by atoms with Crippen molar-refractivity contribution in [3.63, 3.8) is 0 Å². The Morgan fingerprint density at radius 1 is 1.30 bits per heavy atom. The number of esters is 1. The number of amides is 1. The van der Waals surface area contributed by atoms with Crippen LogP contribution in [0.25, 0.3) is 0 Å². The Morgan fingerprint density at radius 3 is 2.87 bits per heavy atom. The molecule has 4 atom stereocenters. The van der Waals surface area contributed by atoms with E-state index < -0.39 is 5.66 Å². The Morgan fingerprint density at radius 2 is 2.13 bits per heavy atom. The average Bonchev–Trinajstić information content (AvgIpc) is 2.55. The molecule has 2 N–H and O–H groups in total. The molecule has 0 unspecified atom stereocenters. The first kappa shape index (κ1) is 14.5. The third-order valence-electron chi connectivity index (χ3n) is 5.73. The van der Waals surface area contributed by atoms with E-state index in [9.17, 15) is 9.59 Å². The number of rotatable bonds is 2. The SMILES string of the molecule is CCOC(=O)[C@@H]1C[C@@H]2CC[C@@H]1C[C@]21NC(=O)c2ccccc2N1. The quantitative estimate of drug-likeness (QED) is 0.823. The van der Waals surface area contributed by atoms with Gasteiger partial charge >= 0.3 is 5.97 Å². The molecule has 0 aromatic heterocycles. The van der Waals surface area contributed by atoms with E-state index in [2.05, 4.69) is 10.6 Å². The van der Waals surface area contributed by atoms with Crippen molar-refractivity contribution in [1.29, 1.82) is 0 Å². The number of fused-ring (bicyclic) bond motifs is 3. The molecule has 3 aliphatic carbocycles. The summed E-state index contributed by atoms with van der Waals surface area (Å²) in [5, 5.41) is 6.79. The first-order valence-electron chi connectivity index (χ1n) is 8.49. The zero-order valence-corrected chi connectivity index (χ0v) is 13.3. The number of nitrogens with one attached hydrogen (secondary N) is 2. The van der Waals surface area contributed by atoms with Crippen molar-refractivity contribution in [1.82, 2.24) is 5.32 Å². The maximum absolute atomic E-state index is 12.5. The van der Waals surface area contributed by atoms with Gasteiger partial charge in [0.05, 0.1) is 18.1 Å². The van der Waals surface area contributed by atoms with E-state index in [1.165, 1.54) is 0 Å². The Labute approximate surface area is 135 Å². The van der Waals surface area contributed by atoms with Crippen molar-refractivity contribution in [2.24, 2.45) is 17.8 Å². The van der Waals surface area contributed by atoms with Gasteiger partial charge in [-0.05, 0) is 50.7 Å². The van der Waals surface area contributed by atoms with E-state index >= 15 is 0 Å². The highest BCUT2D eigenvalue weighted by molar-refractivity contribution is 6.02. The molecule has 122 valence electrons. The van der Waals surface area contributed by atoms with Crippen LogP contribution in [0.15, 0.2) is 24.3 Å². The van der Waals surface area contributed by atoms with Gasteiger partial charge in [-0.2, -0.15) is 0 Å². The van der Waals surface area contributed by atoms with Gasteiger partial charge in [0.1, 0.15) is 5.66 Å². The lowest BCUT2D eigenvalue weighted by atomic mass is 9.59. The topological polar surface area (TPSA) is 67.4 Å². The second kappa shape index (κ2) is 5.25. The van der Waals surface area contributed by atoms with E-state index in [0.29, 0.717) is 12.2 Å². The maximum Gasteiger partial charge on any atom is 0.309 e. The van der Waals surface area contributed by atoms with Gasteiger partial charge in [0.15, 0.2) is 0 Å². The number of anilines is 1. The molecule has 5 nitrogen and oxygen atoms in total. The van der Waals surface area contributed by atoms with Crippen LogP contribution < -0.4 is 10.6 Å². The zero-order valence-electron chi connectivity index (χ0n) is 13.3. The summed E-state index contributed by atoms with van der Waals surface area (Å²) in [7, 11) is 0. The van der Waals surface area contributed by atoms with Gasteiger partial charge in [0.2, 0.25) is 0 Å². The minimum Gasteiger partial charge on any atom is -0.466 e. The van der Waals surface area contributed by atoms with Gasteiger partial charge in [-0.3, -0.25) is 9.59 Å². The van der Waals surface area contributed by atoms with Crippen molar-refractivity contribution >= 4 is 17.6 Å². The first-order valence-corrected chi connectivity index (χ1v) is 8.49. The number of para-hydroxylation sites is 1. The molecule has 2 bridgehead atoms. The van der Waals surface area contributed by atoms with Gasteiger partial charge in [-0.15, -0.1) is 0 Å². The second-order valence-electron chi connectivity index (χ2n) is 6.93. The van der Waals surface area contributed by atoms with Crippen molar-refractivity contribution in [3.8, 4) is 0 Å². The van der Waals surface area contributed by atoms with Crippen LogP contribution in [0.1, 0.15) is 43.0 Å². The molecule has 23 heavy (non-hydrogen) atoms. The molecule has 4 aliphatic rings. The minimum atomic E-state index is -0.405. The molecule has 3 fully saturated rings. The van der Waals surface area contributed by atoms with Crippen LogP contribution in [-0.4, -0.2) is 24.1 Å². The van der Waals surface area contributed by atoms with Gasteiger partial charge in [-0.25, -0.2) is 0 Å². The van der Waals surface area contributed by atoms with Crippen LogP contribution in [0.4, 0.5) is 5.69 Å². The Hall–Kier alpha value is -2.04. The summed E-state index contributed by atoms with van der Waals surface area (Å²) in [5.41, 5.74) is 1.19. The molecule has 5 heteroatoms. The number of carbonyl (C=O) groups is 2. The highest BCUT2D eigenvalue weighted by Gasteiger charge is 2.55. The molecule has 1 heterocycles. The molecule has 0 radical (unpaired) electrons. The largest absolute Gasteiger partial charge is 0.466 e. The van der Waals surface area contributed by atoms with Crippen molar-refractivity contribution in [3.05, 3.63) is 29.8 Å². The predicted molar refractivity (Wildman–Crippen MR) is 85.8 cm³/mol. The van der Waals surface area contributed by atoms with Crippen LogP contribution in [-0.2, 0) is 9.53 Å². The van der Waals surface area contributed by atoms with E-state index in [-0.39, 0.29) is 29.6 Å². The summed E-state index contributed by atoms with van der Waals surface area (Å²) in [6.07, 6.45) is 3.66. The van der Waals surface area contributed by atoms with Gasteiger partial charge in [-0.1, -0.05) is 12.1 Å². The van der Waals surface area contributed by atoms with Gasteiger partial charge in [0.25, 0.3) is 5.91 Å². The Balaban J connectivity index is 1.61. The third kappa shape index (κ3) is 2.21. The smallest absolute Gasteiger partial charge is 0.309 e. The molecule has 1 aromatic carbocycles. The fraction of sp³-hybridized carbons (Fsp3) is 0.556. The zero-order chi connectivity index (χ0) is 16.0. The molecule has 1 amide bonds. The summed E-state index contributed by atoms with van der Waals surface area (Å²) >= 11 is 0. The lowest BCUT2D eigenvalue weighted by Gasteiger charge is -2.56. The standard InChI is InChI=1S/C18H22N2O3/c1-2-23-17(22)14-9-12-8-7-11(14)10-18(12)19-15-6-4-3-5-13(15)16(21)20-18/h3-6,11-12,14,19H,2,7-10H2,1H3,(H,20,21)/t11-,12+,14-,18+/m1/s1. The summed E-state index contributed by atoms with van der Waals surface area (Å²) in [5.74, 6) is 0.436. The monoisotopic (exact) mass is 314 g/mol. The van der Waals surface area contributed by atoms with E-state index in [1.54, 1.807) is 0 Å². The highest BCUT2D eigenvalue weighted by atomic mass is 16.5. The third-order valence-corrected chi connectivity index (χ3v) is 5.73. The molecular weight excluding hydrogens is 292 g/mol. The molecule has 1 aromatic rings. The maximum atomic E-state index is 12.5. The lowest BCUT2D eigenvalue weighted by Crippen LogP contribution is -2.67. The Bertz CT molecular complexity index is 659. The van der Waals surface area contributed by atoms with Crippen LogP contribution in [0.3, 0.4) is 0 Å². The van der Waals surface area contributed by atoms with Crippen molar-refractivity contribution in [2.45, 2.75) is 38.3 Å². The summed E-state index contributed by atoms with van der Waals surface area (Å²) < 4.78 is 5.24. The fourth-order valence-electron chi connectivity index (χ4n) is 4.68. The van der Waals surface area contributed by atoms with Crippen LogP contribution >= 0.6 is 0 Å². The molecule has 0 saturated heterocycles. The molecule has 3 saturated carbocycles. The minimum absolute atomic E-state index is 0.0143. The van der Waals surface area contributed by atoms with Gasteiger partial charge in [0, 0.05) is 11.6 Å². The van der Waals surface area contributed by atoms with Crippen LogP contribution in [0.2, 0.25) is 0 Å². The predicted octanol–water partition coefficient (Wildman–Crippen LogP) is 2.54. The summed E-state index contributed by atoms with van der Waals surface area (Å²) in [6, 6.07) is 7.62. The van der Waals surface area contributed by atoms with E-state index in [1.807, 2.05) is 31.2 Å². The lowest BCUT2D eigenvalue weighted by molar-refractivity contribution is -0.155. The summed E-state index contributed by atoms with van der Waals surface area (Å²) in [4.78, 5) is 24.7. The molecular formula is C18H22N2O3. The number of benzene rings is 1. The van der Waals surface area contributed by atoms with Crippen molar-refractivity contribution < 1.29 is 14.3 Å². The van der Waals surface area contributed by atoms with E-state index in [4.69, 9.17) is 4.74 Å². The molecule has 1 aliphatic heterocycles. The number of ether oxygens (including phenoxy) is 1. The van der Waals surface area contributed by atoms with Crippen molar-refractivity contribution in [2.75, 3.05) is 11.9 Å². The Kier molecular flexibility index (Phi) is 3.32.